The SMILES string of the molecule is CCN(CCCNC1CCCCC1)c1ccccc1F. The first kappa shape index (κ1) is 15.3. The molecule has 3 heteroatoms. The highest BCUT2D eigenvalue weighted by atomic mass is 19.1. The van der Waals surface area contributed by atoms with Gasteiger partial charge in [-0.1, -0.05) is 31.4 Å². The number of rotatable bonds is 7. The smallest absolute Gasteiger partial charge is 0.146 e. The van der Waals surface area contributed by atoms with Gasteiger partial charge in [0, 0.05) is 19.1 Å². The molecular formula is C17H27FN2. The second-order valence-electron chi connectivity index (χ2n) is 5.67. The molecule has 1 fully saturated rings. The number of halogens is 1. The molecule has 2 nitrogen and oxygen atoms in total. The Bertz CT molecular complexity index is 388. The Morgan fingerprint density at radius 3 is 2.65 bits per heavy atom. The Morgan fingerprint density at radius 1 is 1.20 bits per heavy atom. The van der Waals surface area contributed by atoms with Gasteiger partial charge in [-0.05, 0) is 44.9 Å². The van der Waals surface area contributed by atoms with Crippen LogP contribution in [0.15, 0.2) is 24.3 Å². The molecule has 0 amide bonds. The van der Waals surface area contributed by atoms with Crippen molar-refractivity contribution >= 4 is 5.69 Å². The third-order valence-electron chi connectivity index (χ3n) is 4.22. The molecule has 2 rings (SSSR count). The summed E-state index contributed by atoms with van der Waals surface area (Å²) in [7, 11) is 0. The number of para-hydroxylation sites is 1. The molecule has 0 heterocycles. The summed E-state index contributed by atoms with van der Waals surface area (Å²) in [4.78, 5) is 2.12. The molecule has 0 aliphatic heterocycles. The van der Waals surface area contributed by atoms with E-state index in [4.69, 9.17) is 0 Å². The summed E-state index contributed by atoms with van der Waals surface area (Å²) in [6.45, 7) is 4.89. The summed E-state index contributed by atoms with van der Waals surface area (Å²) in [5.41, 5.74) is 0.729. The number of benzene rings is 1. The van der Waals surface area contributed by atoms with Crippen molar-refractivity contribution in [3.05, 3.63) is 30.1 Å². The lowest BCUT2D eigenvalue weighted by Crippen LogP contribution is -2.34. The van der Waals surface area contributed by atoms with Crippen LogP contribution in [0.1, 0.15) is 45.4 Å². The van der Waals surface area contributed by atoms with Gasteiger partial charge in [0.05, 0.1) is 5.69 Å². The Hall–Kier alpha value is -1.09. The van der Waals surface area contributed by atoms with Crippen molar-refractivity contribution in [2.24, 2.45) is 0 Å². The van der Waals surface area contributed by atoms with Crippen molar-refractivity contribution in [2.75, 3.05) is 24.5 Å². The Balaban J connectivity index is 1.72. The van der Waals surface area contributed by atoms with Crippen LogP contribution >= 0.6 is 0 Å². The topological polar surface area (TPSA) is 15.3 Å². The van der Waals surface area contributed by atoms with Crippen molar-refractivity contribution < 1.29 is 4.39 Å². The average molecular weight is 278 g/mol. The van der Waals surface area contributed by atoms with Crippen molar-refractivity contribution in [3.63, 3.8) is 0 Å². The van der Waals surface area contributed by atoms with E-state index < -0.39 is 0 Å². The van der Waals surface area contributed by atoms with Gasteiger partial charge in [0.2, 0.25) is 0 Å². The summed E-state index contributed by atoms with van der Waals surface area (Å²) in [6, 6.07) is 7.77. The van der Waals surface area contributed by atoms with Crippen molar-refractivity contribution in [1.29, 1.82) is 0 Å². The van der Waals surface area contributed by atoms with Gasteiger partial charge in [-0.15, -0.1) is 0 Å². The molecule has 0 radical (unpaired) electrons. The second-order valence-corrected chi connectivity index (χ2v) is 5.67. The van der Waals surface area contributed by atoms with Gasteiger partial charge in [0.15, 0.2) is 0 Å². The molecule has 0 saturated heterocycles. The maximum Gasteiger partial charge on any atom is 0.146 e. The molecule has 112 valence electrons. The lowest BCUT2D eigenvalue weighted by Gasteiger charge is -2.26. The highest BCUT2D eigenvalue weighted by Crippen LogP contribution is 2.19. The third kappa shape index (κ3) is 4.48. The standard InChI is InChI=1S/C17H27FN2/c1-2-20(17-12-7-6-11-16(17)18)14-8-13-19-15-9-4-3-5-10-15/h6-7,11-12,15,19H,2-5,8-10,13-14H2,1H3. The van der Waals surface area contributed by atoms with E-state index in [2.05, 4.69) is 17.1 Å². The molecule has 0 aromatic heterocycles. The van der Waals surface area contributed by atoms with E-state index in [1.165, 1.54) is 38.2 Å². The van der Waals surface area contributed by atoms with E-state index >= 15 is 0 Å². The van der Waals surface area contributed by atoms with Crippen molar-refractivity contribution in [1.82, 2.24) is 5.32 Å². The minimum Gasteiger partial charge on any atom is -0.369 e. The molecule has 0 bridgehead atoms. The summed E-state index contributed by atoms with van der Waals surface area (Å²) in [5, 5.41) is 3.65. The van der Waals surface area contributed by atoms with Crippen LogP contribution in [0.3, 0.4) is 0 Å². The normalized spacial score (nSPS) is 16.3. The van der Waals surface area contributed by atoms with Crippen LogP contribution in [0, 0.1) is 5.82 Å². The summed E-state index contributed by atoms with van der Waals surface area (Å²) >= 11 is 0. The first-order valence-electron chi connectivity index (χ1n) is 8.04. The lowest BCUT2D eigenvalue weighted by atomic mass is 9.95. The summed E-state index contributed by atoms with van der Waals surface area (Å²) in [5.74, 6) is -0.116. The predicted molar refractivity (Wildman–Crippen MR) is 83.8 cm³/mol. The fraction of sp³-hybridized carbons (Fsp3) is 0.647. The quantitative estimate of drug-likeness (QED) is 0.759. The van der Waals surface area contributed by atoms with Crippen molar-refractivity contribution in [3.8, 4) is 0 Å². The maximum atomic E-state index is 13.8. The molecule has 1 aromatic rings. The van der Waals surface area contributed by atoms with Gasteiger partial charge in [-0.2, -0.15) is 0 Å². The molecule has 1 aliphatic rings. The third-order valence-corrected chi connectivity index (χ3v) is 4.22. The van der Waals surface area contributed by atoms with Gasteiger partial charge in [-0.25, -0.2) is 4.39 Å². The zero-order valence-electron chi connectivity index (χ0n) is 12.6. The molecule has 0 spiro atoms. The van der Waals surface area contributed by atoms with Gasteiger partial charge in [0.1, 0.15) is 5.82 Å². The van der Waals surface area contributed by atoms with Crippen molar-refractivity contribution in [2.45, 2.75) is 51.5 Å². The van der Waals surface area contributed by atoms with Gasteiger partial charge in [0.25, 0.3) is 0 Å². The molecule has 0 unspecified atom stereocenters. The van der Waals surface area contributed by atoms with E-state index in [0.29, 0.717) is 6.04 Å². The van der Waals surface area contributed by atoms with Crippen LogP contribution in [0.4, 0.5) is 10.1 Å². The first-order valence-corrected chi connectivity index (χ1v) is 8.04. The highest BCUT2D eigenvalue weighted by Gasteiger charge is 2.13. The van der Waals surface area contributed by atoms with E-state index in [1.807, 2.05) is 12.1 Å². The van der Waals surface area contributed by atoms with Gasteiger partial charge >= 0.3 is 0 Å². The minimum absolute atomic E-state index is 0.116. The monoisotopic (exact) mass is 278 g/mol. The fourth-order valence-corrected chi connectivity index (χ4v) is 3.04. The lowest BCUT2D eigenvalue weighted by molar-refractivity contribution is 0.372. The number of nitrogens with one attached hydrogen (secondary N) is 1. The van der Waals surface area contributed by atoms with Crippen LogP contribution in [-0.4, -0.2) is 25.7 Å². The molecule has 1 aromatic carbocycles. The zero-order chi connectivity index (χ0) is 14.2. The maximum absolute atomic E-state index is 13.8. The highest BCUT2D eigenvalue weighted by molar-refractivity contribution is 5.47. The Morgan fingerprint density at radius 2 is 1.95 bits per heavy atom. The van der Waals surface area contributed by atoms with Crippen LogP contribution in [0.5, 0.6) is 0 Å². The molecule has 1 aliphatic carbocycles. The minimum atomic E-state index is -0.116. The predicted octanol–water partition coefficient (Wildman–Crippen LogP) is 3.96. The number of hydrogen-bond acceptors (Lipinski definition) is 2. The number of nitrogens with zero attached hydrogens (tertiary/aromatic N) is 1. The van der Waals surface area contributed by atoms with Gasteiger partial charge < -0.3 is 10.2 Å². The zero-order valence-corrected chi connectivity index (χ0v) is 12.6. The van der Waals surface area contributed by atoms with E-state index in [0.717, 1.165) is 31.7 Å². The van der Waals surface area contributed by atoms with Crippen LogP contribution in [0.2, 0.25) is 0 Å². The second kappa shape index (κ2) is 8.25. The molecule has 20 heavy (non-hydrogen) atoms. The Labute approximate surface area is 122 Å². The molecule has 0 atom stereocenters. The fourth-order valence-electron chi connectivity index (χ4n) is 3.04. The summed E-state index contributed by atoms with van der Waals surface area (Å²) < 4.78 is 13.8. The first-order chi connectivity index (χ1) is 9.81. The molecule has 1 N–H and O–H groups in total. The average Bonchev–Trinajstić information content (AvgIpc) is 2.50. The molecular weight excluding hydrogens is 251 g/mol. The van der Waals surface area contributed by atoms with E-state index in [1.54, 1.807) is 6.07 Å². The molecule has 1 saturated carbocycles. The van der Waals surface area contributed by atoms with Crippen LogP contribution < -0.4 is 10.2 Å². The van der Waals surface area contributed by atoms with E-state index in [-0.39, 0.29) is 5.82 Å². The number of hydrogen-bond donors (Lipinski definition) is 1. The van der Waals surface area contributed by atoms with Crippen LogP contribution in [-0.2, 0) is 0 Å². The largest absolute Gasteiger partial charge is 0.369 e. The number of anilines is 1. The van der Waals surface area contributed by atoms with Crippen LogP contribution in [0.25, 0.3) is 0 Å². The van der Waals surface area contributed by atoms with E-state index in [9.17, 15) is 4.39 Å². The van der Waals surface area contributed by atoms with Gasteiger partial charge in [-0.3, -0.25) is 0 Å². The summed E-state index contributed by atoms with van der Waals surface area (Å²) in [6.07, 6.45) is 7.85. The Kier molecular flexibility index (Phi) is 6.31.